The molecule has 0 bridgehead atoms. The number of carbonyl (C=O) groups is 2. The van der Waals surface area contributed by atoms with Crippen LogP contribution in [0.15, 0.2) is 6.20 Å². The van der Waals surface area contributed by atoms with Crippen molar-refractivity contribution in [1.82, 2.24) is 20.3 Å². The molecule has 20 heavy (non-hydrogen) atoms. The smallest absolute Gasteiger partial charge is 0.303 e. The van der Waals surface area contributed by atoms with Crippen molar-refractivity contribution in [2.45, 2.75) is 58.5 Å². The van der Waals surface area contributed by atoms with E-state index in [-0.39, 0.29) is 18.4 Å². The van der Waals surface area contributed by atoms with Crippen molar-refractivity contribution >= 4 is 11.9 Å². The molecule has 1 atom stereocenters. The average molecular weight is 282 g/mol. The van der Waals surface area contributed by atoms with Crippen molar-refractivity contribution < 1.29 is 14.7 Å². The molecule has 1 aromatic rings. The predicted molar refractivity (Wildman–Crippen MR) is 73.2 cm³/mol. The monoisotopic (exact) mass is 282 g/mol. The van der Waals surface area contributed by atoms with Crippen LogP contribution in [0.25, 0.3) is 0 Å². The summed E-state index contributed by atoms with van der Waals surface area (Å²) < 4.78 is 1.47. The van der Waals surface area contributed by atoms with Gasteiger partial charge in [0.15, 0.2) is 0 Å². The van der Waals surface area contributed by atoms with E-state index in [0.717, 1.165) is 12.8 Å². The predicted octanol–water partition coefficient (Wildman–Crippen LogP) is 1.16. The fourth-order valence-corrected chi connectivity index (χ4v) is 1.79. The Hall–Kier alpha value is -1.92. The van der Waals surface area contributed by atoms with Gasteiger partial charge in [0, 0.05) is 18.7 Å². The van der Waals surface area contributed by atoms with E-state index in [4.69, 9.17) is 5.11 Å². The van der Waals surface area contributed by atoms with Gasteiger partial charge in [-0.05, 0) is 19.8 Å². The molecule has 1 unspecified atom stereocenters. The number of aliphatic carboxylic acids is 1. The molecule has 1 amide bonds. The zero-order valence-corrected chi connectivity index (χ0v) is 12.2. The van der Waals surface area contributed by atoms with Crippen LogP contribution in [0.2, 0.25) is 0 Å². The Morgan fingerprint density at radius 3 is 2.60 bits per heavy atom. The van der Waals surface area contributed by atoms with Gasteiger partial charge in [-0.25, -0.2) is 4.68 Å². The van der Waals surface area contributed by atoms with Crippen LogP contribution < -0.4 is 5.32 Å². The molecular weight excluding hydrogens is 260 g/mol. The number of nitrogens with zero attached hydrogens (tertiary/aromatic N) is 3. The van der Waals surface area contributed by atoms with Crippen LogP contribution in [-0.4, -0.2) is 38.0 Å². The molecule has 1 heterocycles. The summed E-state index contributed by atoms with van der Waals surface area (Å²) in [4.78, 5) is 22.5. The number of nitrogens with one attached hydrogen (secondary N) is 1. The molecule has 0 saturated heterocycles. The van der Waals surface area contributed by atoms with E-state index in [1.807, 2.05) is 13.8 Å². The van der Waals surface area contributed by atoms with Crippen LogP contribution in [0, 0.1) is 0 Å². The number of carbonyl (C=O) groups excluding carboxylic acids is 1. The number of aromatic nitrogens is 3. The second kappa shape index (κ2) is 7.62. The summed E-state index contributed by atoms with van der Waals surface area (Å²) in [7, 11) is 0. The Balaban J connectivity index is 2.60. The molecule has 0 radical (unpaired) electrons. The lowest BCUT2D eigenvalue weighted by atomic mass is 10.1. The lowest BCUT2D eigenvalue weighted by Crippen LogP contribution is -2.38. The van der Waals surface area contributed by atoms with Crippen molar-refractivity contribution in [2.24, 2.45) is 0 Å². The third-order valence-electron chi connectivity index (χ3n) is 3.26. The van der Waals surface area contributed by atoms with Gasteiger partial charge in [0.05, 0.1) is 12.1 Å². The first-order chi connectivity index (χ1) is 9.47. The maximum absolute atomic E-state index is 12.1. The van der Waals surface area contributed by atoms with Gasteiger partial charge in [-0.1, -0.05) is 19.1 Å². The van der Waals surface area contributed by atoms with E-state index >= 15 is 0 Å². The van der Waals surface area contributed by atoms with Crippen LogP contribution in [0.1, 0.15) is 51.8 Å². The van der Waals surface area contributed by atoms with E-state index in [1.54, 1.807) is 13.1 Å². The Bertz CT molecular complexity index is 454. The first-order valence-electron chi connectivity index (χ1n) is 6.90. The van der Waals surface area contributed by atoms with Gasteiger partial charge in [0.25, 0.3) is 0 Å². The van der Waals surface area contributed by atoms with Crippen LogP contribution in [-0.2, 0) is 16.0 Å². The molecule has 0 spiro atoms. The van der Waals surface area contributed by atoms with Crippen molar-refractivity contribution in [1.29, 1.82) is 0 Å². The third-order valence-corrected chi connectivity index (χ3v) is 3.26. The number of carboxylic acids is 1. The van der Waals surface area contributed by atoms with Crippen LogP contribution in [0.5, 0.6) is 0 Å². The molecule has 0 fully saturated rings. The number of rotatable bonds is 8. The zero-order chi connectivity index (χ0) is 15.1. The number of hydrogen-bond donors (Lipinski definition) is 2. The number of carboxylic acid groups (broad SMARTS) is 1. The quantitative estimate of drug-likeness (QED) is 0.745. The van der Waals surface area contributed by atoms with Gasteiger partial charge >= 0.3 is 5.97 Å². The Labute approximate surface area is 118 Å². The summed E-state index contributed by atoms with van der Waals surface area (Å²) in [6, 6.07) is -0.290. The second-order valence-corrected chi connectivity index (χ2v) is 4.78. The maximum atomic E-state index is 12.1. The van der Waals surface area contributed by atoms with Crippen molar-refractivity contribution in [3.05, 3.63) is 11.9 Å². The standard InChI is InChI=1S/C13H22N4O3/c1-4-10(5-2)14-13(20)9(3)17-8-11(15-16-17)6-7-12(18)19/h8-10H,4-7H2,1-3H3,(H,14,20)(H,18,19). The molecule has 1 aromatic heterocycles. The van der Waals surface area contributed by atoms with Gasteiger partial charge in [-0.3, -0.25) is 9.59 Å². The fraction of sp³-hybridized carbons (Fsp3) is 0.692. The molecule has 0 aliphatic heterocycles. The Morgan fingerprint density at radius 2 is 2.05 bits per heavy atom. The largest absolute Gasteiger partial charge is 0.481 e. The van der Waals surface area contributed by atoms with Crippen LogP contribution in [0.4, 0.5) is 0 Å². The minimum Gasteiger partial charge on any atom is -0.481 e. The average Bonchev–Trinajstić information content (AvgIpc) is 2.90. The van der Waals surface area contributed by atoms with Crippen LogP contribution in [0.3, 0.4) is 0 Å². The van der Waals surface area contributed by atoms with Gasteiger partial charge in [0.2, 0.25) is 5.91 Å². The summed E-state index contributed by atoms with van der Waals surface area (Å²) in [5, 5.41) is 19.3. The van der Waals surface area contributed by atoms with E-state index in [0.29, 0.717) is 12.1 Å². The molecule has 112 valence electrons. The molecule has 0 aliphatic rings. The van der Waals surface area contributed by atoms with Gasteiger partial charge < -0.3 is 10.4 Å². The highest BCUT2D eigenvalue weighted by Crippen LogP contribution is 2.08. The lowest BCUT2D eigenvalue weighted by Gasteiger charge is -2.18. The van der Waals surface area contributed by atoms with Crippen molar-refractivity contribution in [2.75, 3.05) is 0 Å². The second-order valence-electron chi connectivity index (χ2n) is 4.78. The first kappa shape index (κ1) is 16.1. The molecular formula is C13H22N4O3. The first-order valence-corrected chi connectivity index (χ1v) is 6.90. The zero-order valence-electron chi connectivity index (χ0n) is 12.2. The summed E-state index contributed by atoms with van der Waals surface area (Å²) in [5.74, 6) is -0.979. The SMILES string of the molecule is CCC(CC)NC(=O)C(C)n1cc(CCC(=O)O)nn1. The van der Waals surface area contributed by atoms with Crippen LogP contribution >= 0.6 is 0 Å². The van der Waals surface area contributed by atoms with Gasteiger partial charge in [-0.2, -0.15) is 0 Å². The molecule has 7 nitrogen and oxygen atoms in total. The van der Waals surface area contributed by atoms with Crippen molar-refractivity contribution in [3.63, 3.8) is 0 Å². The normalized spacial score (nSPS) is 12.4. The Morgan fingerprint density at radius 1 is 1.40 bits per heavy atom. The van der Waals surface area contributed by atoms with E-state index in [2.05, 4.69) is 15.6 Å². The third kappa shape index (κ3) is 4.64. The van der Waals surface area contributed by atoms with E-state index < -0.39 is 12.0 Å². The number of amides is 1. The highest BCUT2D eigenvalue weighted by atomic mass is 16.4. The summed E-state index contributed by atoms with van der Waals surface area (Å²) >= 11 is 0. The summed E-state index contributed by atoms with van der Waals surface area (Å²) in [5.41, 5.74) is 0.578. The van der Waals surface area contributed by atoms with E-state index in [9.17, 15) is 9.59 Å². The molecule has 0 aliphatic carbocycles. The summed E-state index contributed by atoms with van der Waals surface area (Å²) in [6.07, 6.45) is 3.72. The highest BCUT2D eigenvalue weighted by molar-refractivity contribution is 5.80. The topological polar surface area (TPSA) is 97.1 Å². The fourth-order valence-electron chi connectivity index (χ4n) is 1.79. The molecule has 1 rings (SSSR count). The molecule has 0 saturated carbocycles. The minimum absolute atomic E-state index is 0.00696. The lowest BCUT2D eigenvalue weighted by molar-refractivity contribution is -0.137. The number of hydrogen-bond acceptors (Lipinski definition) is 4. The summed E-state index contributed by atoms with van der Waals surface area (Å²) in [6.45, 7) is 5.80. The number of aryl methyl sites for hydroxylation is 1. The maximum Gasteiger partial charge on any atom is 0.303 e. The van der Waals surface area contributed by atoms with Gasteiger partial charge in [-0.15, -0.1) is 5.10 Å². The van der Waals surface area contributed by atoms with E-state index in [1.165, 1.54) is 4.68 Å². The van der Waals surface area contributed by atoms with Gasteiger partial charge in [0.1, 0.15) is 6.04 Å². The highest BCUT2D eigenvalue weighted by Gasteiger charge is 2.19. The molecule has 2 N–H and O–H groups in total. The molecule has 0 aromatic carbocycles. The molecule has 7 heteroatoms. The minimum atomic E-state index is -0.876. The van der Waals surface area contributed by atoms with Crippen molar-refractivity contribution in [3.8, 4) is 0 Å². The Kier molecular flexibility index (Phi) is 6.14.